The van der Waals surface area contributed by atoms with Gasteiger partial charge in [-0.2, -0.15) is 8.42 Å². The smallest absolute Gasteiger partial charge is 0.298 e. The third kappa shape index (κ3) is 5.61. The summed E-state index contributed by atoms with van der Waals surface area (Å²) in [7, 11) is 1.12. The highest BCUT2D eigenvalue weighted by atomic mass is 32.2. The van der Waals surface area contributed by atoms with E-state index in [9.17, 15) is 17.8 Å². The van der Waals surface area contributed by atoms with Crippen molar-refractivity contribution in [2.24, 2.45) is 0 Å². The van der Waals surface area contributed by atoms with Gasteiger partial charge in [0.15, 0.2) is 0 Å². The average Bonchev–Trinajstić information content (AvgIpc) is 2.87. The zero-order valence-corrected chi connectivity index (χ0v) is 21.3. The average molecular weight is 514 g/mol. The molecule has 3 aromatic carbocycles. The summed E-state index contributed by atoms with van der Waals surface area (Å²) in [6.07, 6.45) is 2.76. The van der Waals surface area contributed by atoms with E-state index in [4.69, 9.17) is 18.9 Å². The number of benzene rings is 3. The van der Waals surface area contributed by atoms with Gasteiger partial charge in [-0.05, 0) is 30.2 Å². The monoisotopic (exact) mass is 513 g/mol. The fourth-order valence-electron chi connectivity index (χ4n) is 3.74. The van der Waals surface area contributed by atoms with Crippen LogP contribution >= 0.6 is 0 Å². The molecule has 1 amide bonds. The van der Waals surface area contributed by atoms with Crippen LogP contribution in [-0.4, -0.2) is 47.3 Å². The van der Waals surface area contributed by atoms with Crippen molar-refractivity contribution in [2.45, 2.75) is 11.8 Å². The summed E-state index contributed by atoms with van der Waals surface area (Å²) in [4.78, 5) is 12.4. The van der Waals surface area contributed by atoms with Crippen molar-refractivity contribution < 1.29 is 36.7 Å². The molecule has 0 heterocycles. The van der Waals surface area contributed by atoms with Crippen LogP contribution in [0.5, 0.6) is 23.0 Å². The molecular weight excluding hydrogens is 486 g/mol. The molecule has 0 aliphatic carbocycles. The molecule has 0 atom stereocenters. The summed E-state index contributed by atoms with van der Waals surface area (Å²) >= 11 is 0. The van der Waals surface area contributed by atoms with Crippen LogP contribution in [0.2, 0.25) is 0 Å². The number of rotatable bonds is 9. The second-order valence-electron chi connectivity index (χ2n) is 7.56. The second kappa shape index (κ2) is 11.1. The highest BCUT2D eigenvalue weighted by molar-refractivity contribution is 7.86. The zero-order valence-electron chi connectivity index (χ0n) is 20.5. The normalized spacial score (nSPS) is 11.3. The maximum atomic E-state index is 12.9. The van der Waals surface area contributed by atoms with Crippen molar-refractivity contribution >= 4 is 27.8 Å². The van der Waals surface area contributed by atoms with Crippen molar-refractivity contribution in [3.8, 4) is 34.1 Å². The van der Waals surface area contributed by atoms with E-state index in [-0.39, 0.29) is 11.4 Å². The number of amides is 1. The molecule has 0 saturated carbocycles. The van der Waals surface area contributed by atoms with Gasteiger partial charge in [0.25, 0.3) is 10.1 Å². The molecule has 0 saturated heterocycles. The molecule has 2 N–H and O–H groups in total. The minimum atomic E-state index is -4.67. The molecule has 9 nitrogen and oxygen atoms in total. The lowest BCUT2D eigenvalue weighted by atomic mass is 9.97. The summed E-state index contributed by atoms with van der Waals surface area (Å²) in [6.45, 7) is 1.72. The number of ether oxygens (including phenoxy) is 4. The van der Waals surface area contributed by atoms with E-state index in [1.165, 1.54) is 40.6 Å². The van der Waals surface area contributed by atoms with Gasteiger partial charge in [-0.15, -0.1) is 0 Å². The second-order valence-corrected chi connectivity index (χ2v) is 8.95. The number of hydrogen-bond donors (Lipinski definition) is 2. The van der Waals surface area contributed by atoms with Crippen LogP contribution in [0.15, 0.2) is 59.5 Å². The molecule has 190 valence electrons. The van der Waals surface area contributed by atoms with Gasteiger partial charge >= 0.3 is 0 Å². The van der Waals surface area contributed by atoms with Crippen LogP contribution in [0.25, 0.3) is 17.2 Å². The number of carbonyl (C=O) groups excluding carboxylic acids is 1. The first-order chi connectivity index (χ1) is 17.1. The molecule has 0 spiro atoms. The fourth-order valence-corrected chi connectivity index (χ4v) is 4.43. The predicted octanol–water partition coefficient (Wildman–Crippen LogP) is 4.60. The van der Waals surface area contributed by atoms with Gasteiger partial charge < -0.3 is 24.3 Å². The molecule has 36 heavy (non-hydrogen) atoms. The summed E-state index contributed by atoms with van der Waals surface area (Å²) in [6, 6.07) is 13.4. The molecule has 10 heteroatoms. The third-order valence-corrected chi connectivity index (χ3v) is 6.32. The van der Waals surface area contributed by atoms with E-state index in [2.05, 4.69) is 5.32 Å². The third-order valence-electron chi connectivity index (χ3n) is 5.46. The van der Waals surface area contributed by atoms with Gasteiger partial charge in [0.1, 0.15) is 27.9 Å². The van der Waals surface area contributed by atoms with Gasteiger partial charge in [0, 0.05) is 29.5 Å². The highest BCUT2D eigenvalue weighted by Gasteiger charge is 2.25. The van der Waals surface area contributed by atoms with E-state index >= 15 is 0 Å². The van der Waals surface area contributed by atoms with Gasteiger partial charge in [-0.1, -0.05) is 30.3 Å². The van der Waals surface area contributed by atoms with Gasteiger partial charge in [0.05, 0.1) is 34.0 Å². The molecule has 0 fully saturated rings. The maximum Gasteiger partial charge on any atom is 0.298 e. The van der Waals surface area contributed by atoms with E-state index in [0.717, 1.165) is 6.07 Å². The van der Waals surface area contributed by atoms with E-state index in [1.54, 1.807) is 43.3 Å². The highest BCUT2D eigenvalue weighted by Crippen LogP contribution is 2.42. The largest absolute Gasteiger partial charge is 0.496 e. The molecule has 0 radical (unpaired) electrons. The van der Waals surface area contributed by atoms with E-state index in [0.29, 0.717) is 39.5 Å². The Balaban J connectivity index is 2.07. The SMILES string of the molecule is COc1cc(OC)c(C=CC(=O)Nc2cc(S(=O)(=O)O)c(OC)c(-c3ccccc3)c2C)c(OC)c1. The first kappa shape index (κ1) is 26.6. The van der Waals surface area contributed by atoms with Gasteiger partial charge in [-0.25, -0.2) is 0 Å². The Labute approximate surface area is 210 Å². The van der Waals surface area contributed by atoms with E-state index in [1.807, 2.05) is 6.07 Å². The first-order valence-electron chi connectivity index (χ1n) is 10.7. The van der Waals surface area contributed by atoms with Crippen molar-refractivity contribution in [3.63, 3.8) is 0 Å². The quantitative estimate of drug-likeness (QED) is 0.315. The van der Waals surface area contributed by atoms with Crippen molar-refractivity contribution in [1.29, 1.82) is 0 Å². The maximum absolute atomic E-state index is 12.9. The minimum Gasteiger partial charge on any atom is -0.496 e. The van der Waals surface area contributed by atoms with Crippen LogP contribution in [0.4, 0.5) is 5.69 Å². The molecule has 3 aromatic rings. The molecular formula is C26H27NO8S. The lowest BCUT2D eigenvalue weighted by Gasteiger charge is -2.19. The minimum absolute atomic E-state index is 0.0255. The Hall–Kier alpha value is -4.02. The first-order valence-corrected chi connectivity index (χ1v) is 12.1. The molecule has 0 unspecified atom stereocenters. The summed E-state index contributed by atoms with van der Waals surface area (Å²) in [5.41, 5.74) is 2.31. The predicted molar refractivity (Wildman–Crippen MR) is 137 cm³/mol. The standard InChI is InChI=1S/C26H27NO8S/c1-16-20(15-23(36(29,30)31)26(35-5)25(16)17-9-7-6-8-10-17)27-24(28)12-11-19-21(33-3)13-18(32-2)14-22(19)34-4/h6-15H,1-5H3,(H,27,28)(H,29,30,31). The molecule has 3 rings (SSSR count). The lowest BCUT2D eigenvalue weighted by molar-refractivity contribution is -0.111. The topological polar surface area (TPSA) is 120 Å². The number of methoxy groups -OCH3 is 4. The molecule has 0 aromatic heterocycles. The Morgan fingerprint density at radius 1 is 0.917 bits per heavy atom. The van der Waals surface area contributed by atoms with Crippen LogP contribution in [0, 0.1) is 6.92 Å². The summed E-state index contributed by atoms with van der Waals surface area (Å²) in [5, 5.41) is 2.69. The Bertz CT molecular complexity index is 1370. The van der Waals surface area contributed by atoms with Crippen molar-refractivity contribution in [3.05, 3.63) is 65.7 Å². The van der Waals surface area contributed by atoms with Crippen LogP contribution in [0.3, 0.4) is 0 Å². The number of hydrogen-bond acceptors (Lipinski definition) is 7. The Morgan fingerprint density at radius 3 is 2.03 bits per heavy atom. The van der Waals surface area contributed by atoms with Crippen LogP contribution in [-0.2, 0) is 14.9 Å². The molecule has 0 bridgehead atoms. The lowest BCUT2D eigenvalue weighted by Crippen LogP contribution is -2.12. The zero-order chi connectivity index (χ0) is 26.5. The summed E-state index contributed by atoms with van der Waals surface area (Å²) in [5.74, 6) is 0.795. The number of anilines is 1. The van der Waals surface area contributed by atoms with Gasteiger partial charge in [0.2, 0.25) is 5.91 Å². The number of nitrogens with one attached hydrogen (secondary N) is 1. The molecule has 0 aliphatic rings. The van der Waals surface area contributed by atoms with Gasteiger partial charge in [-0.3, -0.25) is 9.35 Å². The fraction of sp³-hybridized carbons (Fsp3) is 0.192. The van der Waals surface area contributed by atoms with Crippen LogP contribution in [0.1, 0.15) is 11.1 Å². The Morgan fingerprint density at radius 2 is 1.53 bits per heavy atom. The summed E-state index contributed by atoms with van der Waals surface area (Å²) < 4.78 is 55.6. The number of carbonyl (C=O) groups is 1. The Kier molecular flexibility index (Phi) is 8.23. The van der Waals surface area contributed by atoms with Crippen LogP contribution < -0.4 is 24.3 Å². The van der Waals surface area contributed by atoms with Crippen molar-refractivity contribution in [1.82, 2.24) is 0 Å². The van der Waals surface area contributed by atoms with E-state index < -0.39 is 20.9 Å². The molecule has 0 aliphatic heterocycles. The van der Waals surface area contributed by atoms with Crippen molar-refractivity contribution in [2.75, 3.05) is 33.8 Å².